The Morgan fingerprint density at radius 3 is 1.60 bits per heavy atom. The van der Waals surface area contributed by atoms with Crippen molar-refractivity contribution in [3.63, 3.8) is 0 Å². The molecular weight excluding hydrogens is 860 g/mol. The van der Waals surface area contributed by atoms with E-state index in [1.807, 2.05) is 0 Å². The molecule has 0 aromatic rings. The highest BCUT2D eigenvalue weighted by atomic mass is 16.4. The first-order chi connectivity index (χ1) is 30.5. The minimum Gasteiger partial charge on any atom is -0.481 e. The number of guanidine groups is 1. The van der Waals surface area contributed by atoms with Crippen LogP contribution in [0.15, 0.2) is 4.99 Å². The van der Waals surface area contributed by atoms with Crippen molar-refractivity contribution in [1.82, 2.24) is 46.6 Å². The fourth-order valence-corrected chi connectivity index (χ4v) is 7.96. The predicted octanol–water partition coefficient (Wildman–Crippen LogP) is -5.45. The van der Waals surface area contributed by atoms with Crippen LogP contribution >= 0.6 is 0 Å². The van der Waals surface area contributed by atoms with Crippen molar-refractivity contribution in [1.29, 1.82) is 0 Å². The number of aliphatic hydroxyl groups excluding tert-OH is 1. The van der Waals surface area contributed by atoms with Crippen molar-refractivity contribution in [2.45, 2.75) is 140 Å². The molecule has 9 amide bonds. The molecule has 3 fully saturated rings. The minimum atomic E-state index is -1.82. The van der Waals surface area contributed by atoms with Gasteiger partial charge >= 0.3 is 11.9 Å². The fourth-order valence-electron chi connectivity index (χ4n) is 7.96. The molecule has 3 rings (SSSR count). The summed E-state index contributed by atoms with van der Waals surface area (Å²) < 4.78 is 0. The second kappa shape index (κ2) is 24.5. The van der Waals surface area contributed by atoms with Crippen LogP contribution in [0.25, 0.3) is 0 Å². The molecule has 0 radical (unpaired) electrons. The van der Waals surface area contributed by atoms with Gasteiger partial charge in [-0.1, -0.05) is 0 Å². The first-order valence-electron chi connectivity index (χ1n) is 21.4. The van der Waals surface area contributed by atoms with Gasteiger partial charge in [-0.25, -0.2) is 0 Å². The van der Waals surface area contributed by atoms with Crippen LogP contribution in [0.5, 0.6) is 0 Å². The monoisotopic (exact) mass is 922 g/mol. The number of rotatable bonds is 22. The molecule has 9 atom stereocenters. The second-order valence-electron chi connectivity index (χ2n) is 16.2. The van der Waals surface area contributed by atoms with Crippen molar-refractivity contribution in [2.75, 3.05) is 32.7 Å². The van der Waals surface area contributed by atoms with Crippen LogP contribution in [0.1, 0.15) is 85.5 Å². The zero-order valence-corrected chi connectivity index (χ0v) is 36.9. The number of nitrogens with two attached hydrogens (primary N) is 2. The van der Waals surface area contributed by atoms with Crippen LogP contribution in [0, 0.1) is 0 Å². The number of carboxylic acids is 2. The Kier molecular flexibility index (Phi) is 19.8. The van der Waals surface area contributed by atoms with Crippen molar-refractivity contribution in [3.05, 3.63) is 0 Å². The maximum atomic E-state index is 14.2. The topological polar surface area (TPSA) is 395 Å². The quantitative estimate of drug-likeness (QED) is 0.0274. The van der Waals surface area contributed by atoms with E-state index in [9.17, 15) is 63.0 Å². The molecule has 26 nitrogen and oxygen atoms in total. The van der Waals surface area contributed by atoms with Gasteiger partial charge in [0.2, 0.25) is 53.2 Å². The maximum absolute atomic E-state index is 14.2. The van der Waals surface area contributed by atoms with E-state index in [0.717, 1.165) is 6.92 Å². The van der Waals surface area contributed by atoms with Gasteiger partial charge in [0.05, 0.1) is 12.5 Å². The van der Waals surface area contributed by atoms with E-state index in [0.29, 0.717) is 19.3 Å². The number of aliphatic hydroxyl groups is 1. The van der Waals surface area contributed by atoms with Gasteiger partial charge in [-0.05, 0) is 72.1 Å². The summed E-state index contributed by atoms with van der Waals surface area (Å²) in [6.45, 7) is 4.94. The molecule has 3 saturated heterocycles. The summed E-state index contributed by atoms with van der Waals surface area (Å²) in [6, 6.07) is -10.4. The van der Waals surface area contributed by atoms with Crippen LogP contribution in [-0.4, -0.2) is 188 Å². The highest BCUT2D eigenvalue weighted by Gasteiger charge is 2.42. The average molecular weight is 923 g/mol. The molecule has 13 N–H and O–H groups in total. The molecule has 362 valence electrons. The van der Waals surface area contributed by atoms with Gasteiger partial charge in [-0.2, -0.15) is 0 Å². The summed E-state index contributed by atoms with van der Waals surface area (Å²) >= 11 is 0. The minimum absolute atomic E-state index is 0.0145. The Hall–Kier alpha value is -6.60. The molecule has 0 aromatic heterocycles. The van der Waals surface area contributed by atoms with Gasteiger partial charge in [0.15, 0.2) is 5.96 Å². The molecule has 65 heavy (non-hydrogen) atoms. The van der Waals surface area contributed by atoms with Gasteiger partial charge in [0, 0.05) is 33.1 Å². The zero-order chi connectivity index (χ0) is 48.7. The molecule has 0 aliphatic carbocycles. The molecule has 0 aromatic carbocycles. The molecule has 26 heteroatoms. The predicted molar refractivity (Wildman–Crippen MR) is 225 cm³/mol. The number of carbonyl (C=O) groups excluding carboxylic acids is 9. The van der Waals surface area contributed by atoms with E-state index in [4.69, 9.17) is 16.6 Å². The Morgan fingerprint density at radius 2 is 1.12 bits per heavy atom. The zero-order valence-electron chi connectivity index (χ0n) is 36.9. The Bertz CT molecular complexity index is 1860. The summed E-state index contributed by atoms with van der Waals surface area (Å²) in [7, 11) is 0. The third-order valence-corrected chi connectivity index (χ3v) is 11.1. The second-order valence-corrected chi connectivity index (χ2v) is 16.2. The van der Waals surface area contributed by atoms with Gasteiger partial charge in [0.1, 0.15) is 54.9 Å². The lowest BCUT2D eigenvalue weighted by Crippen LogP contribution is -2.61. The SMILES string of the molecule is CC(=O)N[C@@H](C)C(=O)N1CCC[C@H]1C(=O)N[C@@H](CC(=O)O)C(=O)N[C@H](C(=O)N[C@@H](CCCN=C(N)N)C(=O)N1CCC[C@H]1C(=O)N[C@@H](C)C(=O)N1CCC[C@H]1C(=O)NCC(=O)O)[C@@H](C)O. The normalized spacial score (nSPS) is 20.8. The third-order valence-electron chi connectivity index (χ3n) is 11.1. The Labute approximate surface area is 374 Å². The van der Waals surface area contributed by atoms with Crippen LogP contribution in [0.2, 0.25) is 0 Å². The average Bonchev–Trinajstić information content (AvgIpc) is 4.03. The summed E-state index contributed by atoms with van der Waals surface area (Å²) in [4.78, 5) is 150. The summed E-state index contributed by atoms with van der Waals surface area (Å²) in [5, 5.41) is 43.6. The number of amides is 9. The lowest BCUT2D eigenvalue weighted by molar-refractivity contribution is -0.145. The number of nitrogens with one attached hydrogen (secondary N) is 6. The van der Waals surface area contributed by atoms with E-state index >= 15 is 0 Å². The first kappa shape index (κ1) is 52.7. The van der Waals surface area contributed by atoms with E-state index in [-0.39, 0.29) is 64.2 Å². The number of aliphatic carboxylic acids is 2. The van der Waals surface area contributed by atoms with Crippen LogP contribution in [-0.2, 0) is 52.7 Å². The Morgan fingerprint density at radius 1 is 0.631 bits per heavy atom. The lowest BCUT2D eigenvalue weighted by atomic mass is 10.1. The van der Waals surface area contributed by atoms with Gasteiger partial charge in [-0.15, -0.1) is 0 Å². The first-order valence-corrected chi connectivity index (χ1v) is 21.4. The standard InChI is InChI=1S/C39H62N12O14/c1-19(44-22(4)53)36(63)50-15-7-12-27(50)34(61)47-24(17-28(54)55)31(58)48-30(21(3)52)35(62)46-23(9-5-13-42-39(40)41)38(65)51-16-8-11-26(51)33(60)45-20(2)37(64)49-14-6-10-25(49)32(59)43-18-29(56)57/h19-21,23-27,30,52H,5-18H2,1-4H3,(H,43,59)(H,44,53)(H,45,60)(H,46,62)(H,47,61)(H,48,58)(H,54,55)(H,56,57)(H4,40,41,42)/t19-,20-,21+,23-,24-,25-,26-,27-,30-/m0/s1. The number of likely N-dealkylation sites (tertiary alicyclic amines) is 3. The van der Waals surface area contributed by atoms with Crippen LogP contribution < -0.4 is 43.4 Å². The molecule has 3 heterocycles. The molecule has 0 unspecified atom stereocenters. The Balaban J connectivity index is 1.77. The number of nitrogens with zero attached hydrogens (tertiary/aromatic N) is 4. The number of hydrogen-bond acceptors (Lipinski definition) is 13. The lowest BCUT2D eigenvalue weighted by Gasteiger charge is -2.32. The van der Waals surface area contributed by atoms with E-state index in [1.165, 1.54) is 35.5 Å². The molecule has 3 aliphatic heterocycles. The van der Waals surface area contributed by atoms with E-state index < -0.39 is 133 Å². The number of aliphatic imine (C=N–C) groups is 1. The summed E-state index contributed by atoms with van der Waals surface area (Å²) in [5.41, 5.74) is 10.9. The number of carbonyl (C=O) groups is 11. The highest BCUT2D eigenvalue weighted by Crippen LogP contribution is 2.23. The van der Waals surface area contributed by atoms with Gasteiger partial charge < -0.3 is 73.4 Å². The van der Waals surface area contributed by atoms with Crippen LogP contribution in [0.3, 0.4) is 0 Å². The summed E-state index contributed by atoms with van der Waals surface area (Å²) in [6.07, 6.45) is -0.806. The van der Waals surface area contributed by atoms with Gasteiger partial charge in [-0.3, -0.25) is 57.7 Å². The van der Waals surface area contributed by atoms with E-state index in [1.54, 1.807) is 0 Å². The molecule has 0 spiro atoms. The van der Waals surface area contributed by atoms with Crippen molar-refractivity contribution < 1.29 is 68.1 Å². The van der Waals surface area contributed by atoms with Crippen molar-refractivity contribution in [3.8, 4) is 0 Å². The number of carboxylic acid groups (broad SMARTS) is 2. The van der Waals surface area contributed by atoms with Crippen LogP contribution in [0.4, 0.5) is 0 Å². The van der Waals surface area contributed by atoms with E-state index in [2.05, 4.69) is 36.9 Å². The summed E-state index contributed by atoms with van der Waals surface area (Å²) in [5.74, 6) is -9.96. The third kappa shape index (κ3) is 15.3. The van der Waals surface area contributed by atoms with Gasteiger partial charge in [0.25, 0.3) is 0 Å². The fraction of sp³-hybridized carbons (Fsp3) is 0.692. The molecule has 0 bridgehead atoms. The van der Waals surface area contributed by atoms with Crippen molar-refractivity contribution in [2.24, 2.45) is 16.5 Å². The largest absolute Gasteiger partial charge is 0.481 e. The maximum Gasteiger partial charge on any atom is 0.322 e. The molecular formula is C39H62N12O14. The highest BCUT2D eigenvalue weighted by molar-refractivity contribution is 5.99. The molecule has 0 saturated carbocycles. The van der Waals surface area contributed by atoms with Crippen molar-refractivity contribution >= 4 is 71.1 Å². The smallest absolute Gasteiger partial charge is 0.322 e. The molecule has 3 aliphatic rings. The number of hydrogen-bond donors (Lipinski definition) is 11.